The second kappa shape index (κ2) is 6.33. The molecule has 0 bridgehead atoms. The van der Waals surface area contributed by atoms with E-state index >= 15 is 0 Å². The predicted molar refractivity (Wildman–Crippen MR) is 91.5 cm³/mol. The van der Waals surface area contributed by atoms with Gasteiger partial charge in [0.05, 0.1) is 11.6 Å². The molecule has 134 valence electrons. The number of carbonyl (C=O) groups excluding carboxylic acids is 1. The molecule has 2 aromatic rings. The Morgan fingerprint density at radius 3 is 2.72 bits per heavy atom. The van der Waals surface area contributed by atoms with Crippen molar-refractivity contribution in [3.05, 3.63) is 40.6 Å². The van der Waals surface area contributed by atoms with Crippen LogP contribution in [0.25, 0.3) is 16.5 Å². The maximum Gasteiger partial charge on any atom is 0.410 e. The topological polar surface area (TPSA) is 42.7 Å². The van der Waals surface area contributed by atoms with E-state index in [1.165, 1.54) is 6.26 Å². The molecule has 1 aliphatic heterocycles. The average molecular weight is 370 g/mol. The van der Waals surface area contributed by atoms with E-state index < -0.39 is 23.3 Å². The first kappa shape index (κ1) is 17.7. The Balaban J connectivity index is 1.93. The standard InChI is InChI=1S/C18H18ClF2NO3/c1-18(2,3)25-17(23)22-6-4-5-10(8-22)11-9-24-16-14(11)12(20)7-13(21)15(16)19/h5,7,9H,4,6,8H2,1-3H3. The molecule has 0 unspecified atom stereocenters. The molecule has 0 N–H and O–H groups in total. The molecule has 1 amide bonds. The van der Waals surface area contributed by atoms with Crippen LogP contribution in [0, 0.1) is 11.6 Å². The Labute approximate surface area is 149 Å². The van der Waals surface area contributed by atoms with Crippen molar-refractivity contribution in [1.82, 2.24) is 4.90 Å². The highest BCUT2D eigenvalue weighted by Gasteiger charge is 2.27. The third-order valence-electron chi connectivity index (χ3n) is 3.84. The van der Waals surface area contributed by atoms with Gasteiger partial charge in [-0.3, -0.25) is 0 Å². The number of rotatable bonds is 1. The molecule has 0 spiro atoms. The molecule has 7 heteroatoms. The van der Waals surface area contributed by atoms with Crippen LogP contribution < -0.4 is 0 Å². The van der Waals surface area contributed by atoms with Crippen LogP contribution in [0.3, 0.4) is 0 Å². The van der Waals surface area contributed by atoms with Gasteiger partial charge in [-0.1, -0.05) is 17.7 Å². The second-order valence-electron chi connectivity index (χ2n) is 6.93. The van der Waals surface area contributed by atoms with Gasteiger partial charge in [0.25, 0.3) is 0 Å². The molecule has 0 aliphatic carbocycles. The first-order valence-corrected chi connectivity index (χ1v) is 8.27. The highest BCUT2D eigenvalue weighted by Crippen LogP contribution is 2.36. The van der Waals surface area contributed by atoms with Crippen molar-refractivity contribution in [3.63, 3.8) is 0 Å². The van der Waals surface area contributed by atoms with Crippen LogP contribution in [0.15, 0.2) is 22.8 Å². The SMILES string of the molecule is CC(C)(C)OC(=O)N1CCC=C(c2coc3c(Cl)c(F)cc(F)c23)C1. The van der Waals surface area contributed by atoms with Crippen LogP contribution in [0.4, 0.5) is 13.6 Å². The summed E-state index contributed by atoms with van der Waals surface area (Å²) in [5.41, 5.74) is 0.530. The minimum Gasteiger partial charge on any atom is -0.462 e. The van der Waals surface area contributed by atoms with Crippen molar-refractivity contribution in [1.29, 1.82) is 0 Å². The van der Waals surface area contributed by atoms with Crippen molar-refractivity contribution in [3.8, 4) is 0 Å². The van der Waals surface area contributed by atoms with E-state index in [0.717, 1.165) is 6.07 Å². The number of ether oxygens (including phenoxy) is 1. The Kier molecular flexibility index (Phi) is 4.49. The molecule has 3 rings (SSSR count). The van der Waals surface area contributed by atoms with E-state index in [2.05, 4.69) is 0 Å². The maximum atomic E-state index is 14.3. The van der Waals surface area contributed by atoms with Gasteiger partial charge in [0.2, 0.25) is 0 Å². The molecule has 25 heavy (non-hydrogen) atoms. The highest BCUT2D eigenvalue weighted by atomic mass is 35.5. The number of halogens is 3. The Hall–Kier alpha value is -2.08. The first-order valence-electron chi connectivity index (χ1n) is 7.89. The molecule has 1 aliphatic rings. The Morgan fingerprint density at radius 1 is 1.32 bits per heavy atom. The fourth-order valence-corrected chi connectivity index (χ4v) is 2.96. The monoisotopic (exact) mass is 369 g/mol. The second-order valence-corrected chi connectivity index (χ2v) is 7.31. The van der Waals surface area contributed by atoms with E-state index in [-0.39, 0.29) is 22.5 Å². The summed E-state index contributed by atoms with van der Waals surface area (Å²) >= 11 is 5.86. The summed E-state index contributed by atoms with van der Waals surface area (Å²) < 4.78 is 38.5. The molecule has 0 saturated carbocycles. The first-order chi connectivity index (χ1) is 11.7. The quantitative estimate of drug-likeness (QED) is 0.633. The maximum absolute atomic E-state index is 14.3. The van der Waals surface area contributed by atoms with Gasteiger partial charge in [-0.25, -0.2) is 13.6 Å². The minimum atomic E-state index is -0.874. The summed E-state index contributed by atoms with van der Waals surface area (Å²) in [4.78, 5) is 13.8. The van der Waals surface area contributed by atoms with Gasteiger partial charge in [0, 0.05) is 24.7 Å². The summed E-state index contributed by atoms with van der Waals surface area (Å²) in [6.45, 7) is 6.13. The van der Waals surface area contributed by atoms with Crippen molar-refractivity contribution in [2.75, 3.05) is 13.1 Å². The zero-order chi connectivity index (χ0) is 18.4. The Morgan fingerprint density at radius 2 is 2.04 bits per heavy atom. The number of amides is 1. The van der Waals surface area contributed by atoms with Crippen LogP contribution >= 0.6 is 11.6 Å². The summed E-state index contributed by atoms with van der Waals surface area (Å²) in [5, 5.41) is -0.147. The summed E-state index contributed by atoms with van der Waals surface area (Å²) in [5.74, 6) is -1.63. The highest BCUT2D eigenvalue weighted by molar-refractivity contribution is 6.35. The van der Waals surface area contributed by atoms with E-state index in [9.17, 15) is 13.6 Å². The smallest absolute Gasteiger partial charge is 0.410 e. The predicted octanol–water partition coefficient (Wildman–Crippen LogP) is 5.39. The lowest BCUT2D eigenvalue weighted by atomic mass is 10.0. The van der Waals surface area contributed by atoms with Crippen LogP contribution in [0.1, 0.15) is 32.8 Å². The van der Waals surface area contributed by atoms with Crippen LogP contribution in [-0.2, 0) is 4.74 Å². The number of nitrogens with zero attached hydrogens (tertiary/aromatic N) is 1. The zero-order valence-corrected chi connectivity index (χ0v) is 14.9. The van der Waals surface area contributed by atoms with Crippen molar-refractivity contribution >= 4 is 34.2 Å². The Bertz CT molecular complexity index is 867. The fraction of sp³-hybridized carbons (Fsp3) is 0.389. The molecule has 0 saturated heterocycles. The summed E-state index contributed by atoms with van der Waals surface area (Å²) in [6, 6.07) is 0.735. The van der Waals surface area contributed by atoms with E-state index in [1.807, 2.05) is 6.08 Å². The lowest BCUT2D eigenvalue weighted by molar-refractivity contribution is 0.0273. The molecule has 0 radical (unpaired) electrons. The third kappa shape index (κ3) is 3.49. The molecular weight excluding hydrogens is 352 g/mol. The van der Waals surface area contributed by atoms with E-state index in [0.29, 0.717) is 24.1 Å². The lowest BCUT2D eigenvalue weighted by Gasteiger charge is -2.30. The largest absolute Gasteiger partial charge is 0.462 e. The van der Waals surface area contributed by atoms with Gasteiger partial charge >= 0.3 is 6.09 Å². The molecule has 1 aromatic heterocycles. The fourth-order valence-electron chi connectivity index (χ4n) is 2.77. The van der Waals surface area contributed by atoms with Crippen molar-refractivity contribution in [2.45, 2.75) is 32.8 Å². The van der Waals surface area contributed by atoms with Gasteiger partial charge in [0.1, 0.15) is 22.3 Å². The number of hydrogen-bond donors (Lipinski definition) is 0. The summed E-state index contributed by atoms with van der Waals surface area (Å²) in [6.07, 6.45) is 3.40. The average Bonchev–Trinajstić information content (AvgIpc) is 2.97. The number of furan rings is 1. The zero-order valence-electron chi connectivity index (χ0n) is 14.2. The molecular formula is C18H18ClF2NO3. The number of carbonyl (C=O) groups is 1. The van der Waals surface area contributed by atoms with Gasteiger partial charge in [0.15, 0.2) is 5.58 Å². The molecule has 1 aromatic carbocycles. The molecule has 4 nitrogen and oxygen atoms in total. The van der Waals surface area contributed by atoms with Crippen LogP contribution in [0.2, 0.25) is 5.02 Å². The number of fused-ring (bicyclic) bond motifs is 1. The van der Waals surface area contributed by atoms with Gasteiger partial charge in [-0.05, 0) is 32.8 Å². The molecule has 2 heterocycles. The van der Waals surface area contributed by atoms with E-state index in [1.54, 1.807) is 25.7 Å². The minimum absolute atomic E-state index is 0.0375. The van der Waals surface area contributed by atoms with Gasteiger partial charge in [-0.15, -0.1) is 0 Å². The summed E-state index contributed by atoms with van der Waals surface area (Å²) in [7, 11) is 0. The number of hydrogen-bond acceptors (Lipinski definition) is 3. The van der Waals surface area contributed by atoms with Crippen molar-refractivity contribution < 1.29 is 22.7 Å². The van der Waals surface area contributed by atoms with Gasteiger partial charge < -0.3 is 14.1 Å². The third-order valence-corrected chi connectivity index (χ3v) is 4.19. The lowest BCUT2D eigenvalue weighted by Crippen LogP contribution is -2.39. The van der Waals surface area contributed by atoms with Crippen LogP contribution in [-0.4, -0.2) is 29.7 Å². The molecule has 0 fully saturated rings. The van der Waals surface area contributed by atoms with Gasteiger partial charge in [-0.2, -0.15) is 0 Å². The van der Waals surface area contributed by atoms with Crippen LogP contribution in [0.5, 0.6) is 0 Å². The number of benzene rings is 1. The van der Waals surface area contributed by atoms with E-state index in [4.69, 9.17) is 20.8 Å². The normalized spacial score (nSPS) is 15.4. The molecule has 0 atom stereocenters. The van der Waals surface area contributed by atoms with Crippen molar-refractivity contribution in [2.24, 2.45) is 0 Å².